The van der Waals surface area contributed by atoms with Gasteiger partial charge in [-0.25, -0.2) is 9.97 Å². The summed E-state index contributed by atoms with van der Waals surface area (Å²) in [5, 5.41) is 4.26. The monoisotopic (exact) mass is 231 g/mol. The highest BCUT2D eigenvalue weighted by Gasteiger charge is 2.09. The second-order valence-electron chi connectivity index (χ2n) is 4.13. The third-order valence-corrected chi connectivity index (χ3v) is 2.77. The molecule has 2 aromatic rings. The van der Waals surface area contributed by atoms with E-state index in [1.165, 1.54) is 0 Å². The van der Waals surface area contributed by atoms with E-state index in [2.05, 4.69) is 22.0 Å². The summed E-state index contributed by atoms with van der Waals surface area (Å²) < 4.78 is 1.89. The molecule has 0 aliphatic carbocycles. The molecule has 0 spiro atoms. The summed E-state index contributed by atoms with van der Waals surface area (Å²) >= 11 is 0. The van der Waals surface area contributed by atoms with E-state index in [9.17, 15) is 0 Å². The fourth-order valence-corrected chi connectivity index (χ4v) is 1.61. The summed E-state index contributed by atoms with van der Waals surface area (Å²) in [7, 11) is 0. The second kappa shape index (κ2) is 4.53. The van der Waals surface area contributed by atoms with E-state index in [0.29, 0.717) is 11.6 Å². The molecule has 0 aliphatic heterocycles. The van der Waals surface area contributed by atoms with Crippen molar-refractivity contribution in [3.8, 4) is 11.4 Å². The van der Waals surface area contributed by atoms with Crippen molar-refractivity contribution in [1.82, 2.24) is 19.7 Å². The van der Waals surface area contributed by atoms with Crippen molar-refractivity contribution < 1.29 is 0 Å². The van der Waals surface area contributed by atoms with Gasteiger partial charge in [0.25, 0.3) is 0 Å². The zero-order valence-electron chi connectivity index (χ0n) is 10.4. The van der Waals surface area contributed by atoms with Gasteiger partial charge in [-0.2, -0.15) is 5.10 Å². The van der Waals surface area contributed by atoms with Crippen molar-refractivity contribution in [3.05, 3.63) is 23.7 Å². The topological polar surface area (TPSA) is 69.6 Å². The number of nitrogens with zero attached hydrogens (tertiary/aromatic N) is 4. The van der Waals surface area contributed by atoms with Crippen LogP contribution in [0.4, 0.5) is 5.82 Å². The van der Waals surface area contributed by atoms with E-state index >= 15 is 0 Å². The maximum absolute atomic E-state index is 5.85. The fraction of sp³-hybridized carbons (Fsp3) is 0.417. The van der Waals surface area contributed by atoms with Gasteiger partial charge in [-0.1, -0.05) is 6.92 Å². The molecule has 0 saturated carbocycles. The number of anilines is 1. The molecule has 5 heteroatoms. The number of nitrogens with two attached hydrogens (primary N) is 1. The third kappa shape index (κ3) is 2.27. The predicted molar refractivity (Wildman–Crippen MR) is 67.4 cm³/mol. The number of aromatic nitrogens is 4. The van der Waals surface area contributed by atoms with E-state index < -0.39 is 0 Å². The molecular weight excluding hydrogens is 214 g/mol. The summed E-state index contributed by atoms with van der Waals surface area (Å²) in [5.41, 5.74) is 8.61. The van der Waals surface area contributed by atoms with Gasteiger partial charge in [0.15, 0.2) is 5.82 Å². The van der Waals surface area contributed by atoms with Crippen LogP contribution in [0.1, 0.15) is 24.6 Å². The van der Waals surface area contributed by atoms with Crippen LogP contribution in [0.5, 0.6) is 0 Å². The Morgan fingerprint density at radius 2 is 2.06 bits per heavy atom. The van der Waals surface area contributed by atoms with E-state index in [4.69, 9.17) is 5.73 Å². The average molecular weight is 231 g/mol. The quantitative estimate of drug-likeness (QED) is 0.876. The van der Waals surface area contributed by atoms with Crippen LogP contribution in [0.15, 0.2) is 12.4 Å². The molecule has 2 N–H and O–H groups in total. The van der Waals surface area contributed by atoms with Crippen molar-refractivity contribution >= 4 is 5.82 Å². The number of hydrogen-bond acceptors (Lipinski definition) is 4. The Morgan fingerprint density at radius 1 is 1.29 bits per heavy atom. The second-order valence-corrected chi connectivity index (χ2v) is 4.13. The van der Waals surface area contributed by atoms with Gasteiger partial charge < -0.3 is 5.73 Å². The highest BCUT2D eigenvalue weighted by Crippen LogP contribution is 2.19. The first-order valence-electron chi connectivity index (χ1n) is 5.75. The summed E-state index contributed by atoms with van der Waals surface area (Å²) in [6.45, 7) is 6.88. The van der Waals surface area contributed by atoms with Crippen molar-refractivity contribution in [2.24, 2.45) is 0 Å². The first kappa shape index (κ1) is 11.6. The molecular formula is C12H17N5. The molecule has 2 heterocycles. The lowest BCUT2D eigenvalue weighted by atomic mass is 10.2. The number of aryl methyl sites for hydroxylation is 2. The van der Waals surface area contributed by atoms with Crippen molar-refractivity contribution in [3.63, 3.8) is 0 Å². The Morgan fingerprint density at radius 3 is 2.71 bits per heavy atom. The predicted octanol–water partition coefficient (Wildman–Crippen LogP) is 1.95. The first-order valence-corrected chi connectivity index (χ1v) is 5.75. The maximum atomic E-state index is 5.85. The Labute approximate surface area is 101 Å². The van der Waals surface area contributed by atoms with Crippen LogP contribution in [0, 0.1) is 13.8 Å². The van der Waals surface area contributed by atoms with E-state index in [-0.39, 0.29) is 0 Å². The smallest absolute Gasteiger partial charge is 0.164 e. The third-order valence-electron chi connectivity index (χ3n) is 2.77. The van der Waals surface area contributed by atoms with E-state index in [1.807, 2.05) is 24.7 Å². The van der Waals surface area contributed by atoms with Gasteiger partial charge in [0.2, 0.25) is 0 Å². The molecule has 0 radical (unpaired) electrons. The Bertz CT molecular complexity index is 506. The van der Waals surface area contributed by atoms with Crippen molar-refractivity contribution in [2.45, 2.75) is 33.7 Å². The van der Waals surface area contributed by atoms with Gasteiger partial charge >= 0.3 is 0 Å². The molecule has 0 bridgehead atoms. The van der Waals surface area contributed by atoms with Gasteiger partial charge in [0.1, 0.15) is 5.82 Å². The summed E-state index contributed by atoms with van der Waals surface area (Å²) in [6.07, 6.45) is 4.78. The molecule has 0 amide bonds. The van der Waals surface area contributed by atoms with Gasteiger partial charge in [-0.05, 0) is 20.3 Å². The Hall–Kier alpha value is -1.91. The molecule has 2 rings (SSSR count). The minimum atomic E-state index is 0.538. The SMILES string of the molecule is CCCn1cc(-c2nc(C)c(C)c(N)n2)cn1. The molecule has 0 aliphatic rings. The standard InChI is InChI=1S/C12H17N5/c1-4-5-17-7-10(6-14-17)12-15-9(3)8(2)11(13)16-12/h6-7H,4-5H2,1-3H3,(H2,13,15,16). The number of nitrogen functional groups attached to an aromatic ring is 1. The first-order chi connectivity index (χ1) is 8.11. The minimum Gasteiger partial charge on any atom is -0.383 e. The van der Waals surface area contributed by atoms with Gasteiger partial charge in [-0.15, -0.1) is 0 Å². The molecule has 17 heavy (non-hydrogen) atoms. The summed E-state index contributed by atoms with van der Waals surface area (Å²) in [5.74, 6) is 1.18. The number of hydrogen-bond donors (Lipinski definition) is 1. The normalized spacial score (nSPS) is 10.8. The van der Waals surface area contributed by atoms with Crippen LogP contribution in [0.3, 0.4) is 0 Å². The molecule has 0 unspecified atom stereocenters. The van der Waals surface area contributed by atoms with Crippen LogP contribution < -0.4 is 5.73 Å². The molecule has 90 valence electrons. The van der Waals surface area contributed by atoms with Crippen molar-refractivity contribution in [2.75, 3.05) is 5.73 Å². The van der Waals surface area contributed by atoms with E-state index in [1.54, 1.807) is 6.20 Å². The van der Waals surface area contributed by atoms with Crippen LogP contribution in [0.25, 0.3) is 11.4 Å². The molecule has 5 nitrogen and oxygen atoms in total. The van der Waals surface area contributed by atoms with Crippen LogP contribution in [0.2, 0.25) is 0 Å². The Kier molecular flexibility index (Phi) is 3.08. The van der Waals surface area contributed by atoms with Gasteiger partial charge in [0, 0.05) is 24.0 Å². The molecule has 0 fully saturated rings. The minimum absolute atomic E-state index is 0.538. The van der Waals surface area contributed by atoms with Gasteiger partial charge in [-0.3, -0.25) is 4.68 Å². The zero-order chi connectivity index (χ0) is 12.4. The number of rotatable bonds is 3. The van der Waals surface area contributed by atoms with Crippen LogP contribution in [-0.2, 0) is 6.54 Å². The highest BCUT2D eigenvalue weighted by molar-refractivity contribution is 5.56. The molecule has 0 atom stereocenters. The fourth-order valence-electron chi connectivity index (χ4n) is 1.61. The Balaban J connectivity index is 2.39. The molecule has 0 saturated heterocycles. The van der Waals surface area contributed by atoms with Crippen LogP contribution >= 0.6 is 0 Å². The van der Waals surface area contributed by atoms with Gasteiger partial charge in [0.05, 0.1) is 11.8 Å². The largest absolute Gasteiger partial charge is 0.383 e. The lowest BCUT2D eigenvalue weighted by molar-refractivity contribution is 0.603. The molecule has 2 aromatic heterocycles. The average Bonchev–Trinajstić information content (AvgIpc) is 2.74. The molecule has 0 aromatic carbocycles. The van der Waals surface area contributed by atoms with Crippen molar-refractivity contribution in [1.29, 1.82) is 0 Å². The highest BCUT2D eigenvalue weighted by atomic mass is 15.3. The summed E-state index contributed by atoms with van der Waals surface area (Å²) in [6, 6.07) is 0. The lowest BCUT2D eigenvalue weighted by Gasteiger charge is -2.04. The maximum Gasteiger partial charge on any atom is 0.164 e. The van der Waals surface area contributed by atoms with E-state index in [0.717, 1.165) is 29.8 Å². The summed E-state index contributed by atoms with van der Waals surface area (Å²) in [4.78, 5) is 8.72. The van der Waals surface area contributed by atoms with Crippen LogP contribution in [-0.4, -0.2) is 19.7 Å². The zero-order valence-corrected chi connectivity index (χ0v) is 10.4. The lowest BCUT2D eigenvalue weighted by Crippen LogP contribution is -2.01.